The Hall–Kier alpha value is -7.04. The van der Waals surface area contributed by atoms with E-state index in [1.54, 1.807) is 6.07 Å². The number of aromatic hydroxyl groups is 1. The molecule has 4 nitrogen and oxygen atoms in total. The fourth-order valence-corrected chi connectivity index (χ4v) is 9.25. The molecular weight excluding hydrogens is 887 g/mol. The number of hydrogen-bond donors (Lipinski definition) is 1. The molecule has 0 bridgehead atoms. The number of hydrogen-bond acceptors (Lipinski definition) is 3. The Kier molecular flexibility index (Phi) is 8.70. The van der Waals surface area contributed by atoms with Crippen LogP contribution in [0.3, 0.4) is 0 Å². The van der Waals surface area contributed by atoms with Crippen LogP contribution >= 0.6 is 0 Å². The molecule has 73 heavy (non-hydrogen) atoms. The van der Waals surface area contributed by atoms with E-state index < -0.39 is 73.4 Å². The third-order valence-corrected chi connectivity index (χ3v) is 13.6. The number of rotatable bonds is 7. The second-order valence-electron chi connectivity index (χ2n) is 23.5. The quantitative estimate of drug-likeness (QED) is 0.173. The zero-order valence-electron chi connectivity index (χ0n) is 60.0. The summed E-state index contributed by atoms with van der Waals surface area (Å²) in [4.78, 5) is 10.3. The Morgan fingerprint density at radius 2 is 1.08 bits per heavy atom. The second kappa shape index (κ2) is 18.5. The molecule has 4 heteroatoms. The summed E-state index contributed by atoms with van der Waals surface area (Å²) >= 11 is 0. The van der Waals surface area contributed by atoms with Gasteiger partial charge in [0, 0.05) is 39.3 Å². The van der Waals surface area contributed by atoms with Crippen LogP contribution in [-0.2, 0) is 27.1 Å². The predicted octanol–water partition coefficient (Wildman–Crippen LogP) is 18.9. The maximum atomic E-state index is 12.7. The first kappa shape index (κ1) is 34.4. The maximum absolute atomic E-state index is 12.7. The lowest BCUT2D eigenvalue weighted by Crippen LogP contribution is -2.17. The molecule has 0 amide bonds. The van der Waals surface area contributed by atoms with Crippen LogP contribution in [0.4, 0.5) is 0 Å². The van der Waals surface area contributed by atoms with Crippen molar-refractivity contribution >= 4 is 11.0 Å². The van der Waals surface area contributed by atoms with E-state index in [0.717, 1.165) is 33.4 Å². The van der Waals surface area contributed by atoms with Gasteiger partial charge in [-0.15, -0.1) is 0 Å². The number of phenols is 1. The molecule has 0 aliphatic carbocycles. The van der Waals surface area contributed by atoms with E-state index in [9.17, 15) is 12.0 Å². The Bertz CT molecular complexity index is 4140. The maximum Gasteiger partial charge on any atom is 0.149 e. The van der Waals surface area contributed by atoms with Crippen LogP contribution in [0.2, 0.25) is 0 Å². The number of imidazole rings is 1. The van der Waals surface area contributed by atoms with Crippen LogP contribution in [0.15, 0.2) is 158 Å². The topological polar surface area (TPSA) is 50.9 Å². The van der Waals surface area contributed by atoms with Crippen molar-refractivity contribution in [2.45, 2.75) is 138 Å². The summed E-state index contributed by atoms with van der Waals surface area (Å²) in [6.45, 7) is 11.1. The van der Waals surface area contributed by atoms with E-state index in [0.29, 0.717) is 50.1 Å². The molecule has 2 aromatic heterocycles. The molecule has 2 heterocycles. The smallest absolute Gasteiger partial charge is 0.149 e. The van der Waals surface area contributed by atoms with Crippen LogP contribution in [0, 0.1) is 6.85 Å². The minimum atomic E-state index is -3.84. The van der Waals surface area contributed by atoms with Gasteiger partial charge in [-0.1, -0.05) is 201 Å². The van der Waals surface area contributed by atoms with Gasteiger partial charge in [0.2, 0.25) is 0 Å². The number of aromatic nitrogens is 3. The third kappa shape index (κ3) is 10.3. The van der Waals surface area contributed by atoms with Crippen molar-refractivity contribution < 1.29 is 27.0 Å². The molecule has 7 aromatic carbocycles. The van der Waals surface area contributed by atoms with Gasteiger partial charge in [-0.05, 0) is 155 Å². The zero-order chi connectivity index (χ0) is 66.1. The van der Waals surface area contributed by atoms with Crippen LogP contribution in [0.5, 0.6) is 5.75 Å². The summed E-state index contributed by atoms with van der Waals surface area (Å²) in [5.74, 6) is 0.282. The molecule has 0 spiro atoms. The second-order valence-corrected chi connectivity index (χ2v) is 23.5. The number of para-hydroxylation sites is 1. The van der Waals surface area contributed by atoms with Gasteiger partial charge in [0.15, 0.2) is 0 Å². The first-order chi connectivity index (χ1) is 40.8. The standard InChI is InChI=1S/C69H75N3O/c1-43-33-46(49-37-53(66(5,6)7)40-54(38-49)67(8,9)10)27-30-60(43)72-61-24-20-23-56(62(61)71-64(72)57-41-55(68(11,12)13)42-58(63(57)73)69(14,15)16)50-34-48(44-21-18-17-19-22-44)35-51(36-50)59-39-47(31-32-70-59)45-25-28-52(29-26-45)65(2,3)4/h17-42,73H,1-16H3/i1D3,2D3,3D3,4D3,25D,26D,28D,29D. The first-order valence-corrected chi connectivity index (χ1v) is 24.8. The molecule has 0 saturated carbocycles. The highest BCUT2D eigenvalue weighted by Gasteiger charge is 2.30. The molecule has 0 saturated heterocycles. The van der Waals surface area contributed by atoms with Gasteiger partial charge < -0.3 is 5.11 Å². The SMILES string of the molecule is [2H]c1c([2H])c(C(C([2H])([2H])[2H])(C([2H])([2H])[2H])C([2H])([2H])[2H])c([2H])c([2H])c1-c1ccnc(-c2cc(-c3ccccc3)cc(-c3cccc4c3nc(-c3cc(C(C)(C)C)cc(C(C)(C)C)c3O)n4-c3ccc(-c4cc(C(C)(C)C)cc(C(C)(C)C)c4)cc3C([2H])([2H])[2H])c2)c1. The molecule has 1 N–H and O–H groups in total. The Balaban J connectivity index is 1.34. The summed E-state index contributed by atoms with van der Waals surface area (Å²) in [6.07, 6.45) is 1.40. The van der Waals surface area contributed by atoms with Crippen LogP contribution in [0.25, 0.3) is 83.9 Å². The number of fused-ring (bicyclic) bond motifs is 1. The minimum Gasteiger partial charge on any atom is -0.507 e. The lowest BCUT2D eigenvalue weighted by molar-refractivity contribution is 0.446. The number of aryl methyl sites for hydroxylation is 1. The molecule has 9 rings (SSSR count). The van der Waals surface area contributed by atoms with Gasteiger partial charge in [-0.2, -0.15) is 0 Å². The van der Waals surface area contributed by atoms with Crippen LogP contribution < -0.4 is 0 Å². The number of phenolic OH excluding ortho intramolecular Hbond substituents is 1. The highest BCUT2D eigenvalue weighted by molar-refractivity contribution is 5.98. The Morgan fingerprint density at radius 3 is 1.71 bits per heavy atom. The van der Waals surface area contributed by atoms with Crippen LogP contribution in [-0.4, -0.2) is 19.6 Å². The van der Waals surface area contributed by atoms with Crippen molar-refractivity contribution in [3.8, 4) is 78.6 Å². The highest BCUT2D eigenvalue weighted by atomic mass is 16.3. The molecule has 0 aliphatic rings. The van der Waals surface area contributed by atoms with Crippen molar-refractivity contribution in [3.05, 3.63) is 191 Å². The summed E-state index contributed by atoms with van der Waals surface area (Å²) in [6, 6.07) is 35.9. The molecule has 0 unspecified atom stereocenters. The summed E-state index contributed by atoms with van der Waals surface area (Å²) < 4.78 is 141. The van der Waals surface area contributed by atoms with Gasteiger partial charge >= 0.3 is 0 Å². The van der Waals surface area contributed by atoms with Gasteiger partial charge in [-0.25, -0.2) is 4.98 Å². The molecule has 0 radical (unpaired) electrons. The Labute approximate surface area is 458 Å². The van der Waals surface area contributed by atoms with E-state index in [1.807, 2.05) is 116 Å². The van der Waals surface area contributed by atoms with Crippen molar-refractivity contribution in [1.82, 2.24) is 14.5 Å². The third-order valence-electron chi connectivity index (χ3n) is 13.6. The molecule has 0 fully saturated rings. The highest BCUT2D eigenvalue weighted by Crippen LogP contribution is 2.46. The molecular formula is C69H75N3O. The van der Waals surface area contributed by atoms with Gasteiger partial charge in [0.05, 0.1) is 33.5 Å². The molecule has 0 atom stereocenters. The van der Waals surface area contributed by atoms with E-state index >= 15 is 0 Å². The van der Waals surface area contributed by atoms with E-state index in [1.165, 1.54) is 18.3 Å². The molecule has 372 valence electrons. The monoisotopic (exact) mass is 978 g/mol. The van der Waals surface area contributed by atoms with Gasteiger partial charge in [-0.3, -0.25) is 9.55 Å². The number of nitrogens with zero attached hydrogens (tertiary/aromatic N) is 3. The first-order valence-electron chi connectivity index (χ1n) is 32.8. The summed E-state index contributed by atoms with van der Waals surface area (Å²) in [5.41, 5.74) is 3.99. The molecule has 0 aliphatic heterocycles. The van der Waals surface area contributed by atoms with Gasteiger partial charge in [0.25, 0.3) is 0 Å². The Morgan fingerprint density at radius 1 is 0.466 bits per heavy atom. The molecule has 9 aromatic rings. The predicted molar refractivity (Wildman–Crippen MR) is 311 cm³/mol. The summed E-state index contributed by atoms with van der Waals surface area (Å²) in [7, 11) is 0. The lowest BCUT2D eigenvalue weighted by Gasteiger charge is -2.27. The largest absolute Gasteiger partial charge is 0.507 e. The number of pyridine rings is 1. The van der Waals surface area contributed by atoms with Crippen molar-refractivity contribution in [1.29, 1.82) is 0 Å². The van der Waals surface area contributed by atoms with Crippen molar-refractivity contribution in [2.24, 2.45) is 0 Å². The fraction of sp³-hybridized carbons (Fsp3) is 0.304. The average molecular weight is 978 g/mol. The normalized spacial score (nSPS) is 16.6. The lowest BCUT2D eigenvalue weighted by atomic mass is 9.78. The number of benzene rings is 7. The average Bonchev–Trinajstić information content (AvgIpc) is 0.969. The fourth-order valence-electron chi connectivity index (χ4n) is 9.25. The van der Waals surface area contributed by atoms with E-state index in [-0.39, 0.29) is 44.8 Å². The summed E-state index contributed by atoms with van der Waals surface area (Å²) in [5, 5.41) is 12.7. The van der Waals surface area contributed by atoms with Crippen LogP contribution in [0.1, 0.15) is 159 Å². The minimum absolute atomic E-state index is 0.00812. The van der Waals surface area contributed by atoms with E-state index in [4.69, 9.17) is 25.0 Å². The van der Waals surface area contributed by atoms with Gasteiger partial charge in [0.1, 0.15) is 11.6 Å². The van der Waals surface area contributed by atoms with Crippen molar-refractivity contribution in [3.63, 3.8) is 0 Å². The zero-order valence-corrected chi connectivity index (χ0v) is 44.0. The van der Waals surface area contributed by atoms with E-state index in [2.05, 4.69) is 80.5 Å². The van der Waals surface area contributed by atoms with Crippen molar-refractivity contribution in [2.75, 3.05) is 0 Å².